The Bertz CT molecular complexity index is 1250. The number of nitrogens with one attached hydrogen (secondary N) is 2. The standard InChI is InChI=1S/C25H24F2N6O2/c26-19-7-16(8-20(27)11-19)14-30-22-12-25(31-15-18(22)10-24(29)34)32-21-1-2-23(17(9-21)13-28)33-3-5-35-6-4-33/h1-2,7-9,11-12,15H,3-6,10,14H2,(H2,29,34)(H2,30,31,32). The SMILES string of the molecule is N#Cc1cc(Nc2cc(NCc3cc(F)cc(F)c3)c(CC(N)=O)cn2)ccc1N1CCOCC1. The second kappa shape index (κ2) is 10.8. The number of pyridine rings is 1. The molecular formula is C25H24F2N6O2. The Morgan fingerprint density at radius 2 is 1.89 bits per heavy atom. The van der Waals surface area contributed by atoms with Crippen molar-refractivity contribution >= 4 is 28.8 Å². The van der Waals surface area contributed by atoms with Gasteiger partial charge in [-0.25, -0.2) is 13.8 Å². The van der Waals surface area contributed by atoms with Crippen molar-refractivity contribution in [1.29, 1.82) is 5.26 Å². The van der Waals surface area contributed by atoms with Crippen LogP contribution in [0.2, 0.25) is 0 Å². The fourth-order valence-corrected chi connectivity index (χ4v) is 3.89. The Morgan fingerprint density at radius 1 is 1.14 bits per heavy atom. The number of hydrogen-bond donors (Lipinski definition) is 3. The summed E-state index contributed by atoms with van der Waals surface area (Å²) in [6.07, 6.45) is 1.45. The van der Waals surface area contributed by atoms with Crippen molar-refractivity contribution in [1.82, 2.24) is 4.98 Å². The van der Waals surface area contributed by atoms with E-state index in [-0.39, 0.29) is 13.0 Å². The van der Waals surface area contributed by atoms with Gasteiger partial charge < -0.3 is 26.0 Å². The van der Waals surface area contributed by atoms with Gasteiger partial charge in [-0.1, -0.05) is 0 Å². The molecule has 1 aliphatic heterocycles. The maximum Gasteiger partial charge on any atom is 0.221 e. The van der Waals surface area contributed by atoms with Gasteiger partial charge >= 0.3 is 0 Å². The van der Waals surface area contributed by atoms with Crippen LogP contribution in [0.25, 0.3) is 0 Å². The number of carbonyl (C=O) groups is 1. The first-order chi connectivity index (χ1) is 16.9. The first-order valence-corrected chi connectivity index (χ1v) is 11.0. The zero-order chi connectivity index (χ0) is 24.8. The van der Waals surface area contributed by atoms with Gasteiger partial charge in [0.25, 0.3) is 0 Å². The van der Waals surface area contributed by atoms with Crippen LogP contribution in [0.5, 0.6) is 0 Å². The molecule has 8 nitrogen and oxygen atoms in total. The zero-order valence-electron chi connectivity index (χ0n) is 18.9. The highest BCUT2D eigenvalue weighted by Gasteiger charge is 2.16. The molecule has 2 heterocycles. The monoisotopic (exact) mass is 478 g/mol. The second-order valence-electron chi connectivity index (χ2n) is 8.07. The van der Waals surface area contributed by atoms with Gasteiger partial charge in [0.2, 0.25) is 5.91 Å². The predicted octanol–water partition coefficient (Wildman–Crippen LogP) is 3.45. The molecule has 0 unspecified atom stereocenters. The molecular weight excluding hydrogens is 454 g/mol. The van der Waals surface area contributed by atoms with Gasteiger partial charge in [0.15, 0.2) is 0 Å². The van der Waals surface area contributed by atoms with Gasteiger partial charge in [-0.3, -0.25) is 4.79 Å². The number of rotatable bonds is 8. The Labute approximate surface area is 201 Å². The maximum atomic E-state index is 13.5. The summed E-state index contributed by atoms with van der Waals surface area (Å²) in [5.41, 5.74) is 8.86. The van der Waals surface area contributed by atoms with E-state index in [0.717, 1.165) is 11.8 Å². The van der Waals surface area contributed by atoms with Crippen LogP contribution >= 0.6 is 0 Å². The zero-order valence-corrected chi connectivity index (χ0v) is 18.9. The third kappa shape index (κ3) is 6.22. The number of benzene rings is 2. The van der Waals surface area contributed by atoms with Crippen molar-refractivity contribution in [3.05, 3.63) is 77.0 Å². The average Bonchev–Trinajstić information content (AvgIpc) is 2.83. The van der Waals surface area contributed by atoms with Crippen molar-refractivity contribution in [3.63, 3.8) is 0 Å². The third-order valence-corrected chi connectivity index (χ3v) is 5.50. The number of carbonyl (C=O) groups excluding carboxylic acids is 1. The van der Waals surface area contributed by atoms with E-state index >= 15 is 0 Å². The lowest BCUT2D eigenvalue weighted by atomic mass is 10.1. The number of anilines is 4. The highest BCUT2D eigenvalue weighted by molar-refractivity contribution is 5.79. The van der Waals surface area contributed by atoms with Crippen LogP contribution in [0, 0.1) is 23.0 Å². The molecule has 2 aromatic carbocycles. The number of nitrogens with zero attached hydrogens (tertiary/aromatic N) is 3. The normalized spacial score (nSPS) is 13.2. The molecule has 0 bridgehead atoms. The molecule has 4 rings (SSSR count). The smallest absolute Gasteiger partial charge is 0.221 e. The molecule has 180 valence electrons. The van der Waals surface area contributed by atoms with Crippen LogP contribution in [-0.2, 0) is 22.5 Å². The second-order valence-corrected chi connectivity index (χ2v) is 8.07. The molecule has 0 saturated carbocycles. The molecule has 1 amide bonds. The quantitative estimate of drug-likeness (QED) is 0.454. The van der Waals surface area contributed by atoms with Crippen LogP contribution in [0.1, 0.15) is 16.7 Å². The molecule has 0 atom stereocenters. The summed E-state index contributed by atoms with van der Waals surface area (Å²) in [6.45, 7) is 2.79. The van der Waals surface area contributed by atoms with E-state index in [1.807, 2.05) is 12.1 Å². The summed E-state index contributed by atoms with van der Waals surface area (Å²) in [5.74, 6) is -1.44. The Balaban J connectivity index is 1.55. The minimum absolute atomic E-state index is 0.0556. The number of nitrogens with two attached hydrogens (primary N) is 1. The topological polar surface area (TPSA) is 116 Å². The van der Waals surface area contributed by atoms with E-state index in [4.69, 9.17) is 10.5 Å². The molecule has 0 spiro atoms. The summed E-state index contributed by atoms with van der Waals surface area (Å²) in [6, 6.07) is 12.6. The molecule has 0 radical (unpaired) electrons. The van der Waals surface area contributed by atoms with Crippen molar-refractivity contribution < 1.29 is 18.3 Å². The summed E-state index contributed by atoms with van der Waals surface area (Å²) >= 11 is 0. The fourth-order valence-electron chi connectivity index (χ4n) is 3.89. The Morgan fingerprint density at radius 3 is 2.57 bits per heavy atom. The van der Waals surface area contributed by atoms with Gasteiger partial charge in [-0.05, 0) is 35.9 Å². The highest BCUT2D eigenvalue weighted by atomic mass is 19.1. The van der Waals surface area contributed by atoms with Gasteiger partial charge in [0.1, 0.15) is 23.5 Å². The lowest BCUT2D eigenvalue weighted by molar-refractivity contribution is -0.117. The van der Waals surface area contributed by atoms with Crippen molar-refractivity contribution in [2.75, 3.05) is 41.8 Å². The van der Waals surface area contributed by atoms with Crippen LogP contribution in [0.3, 0.4) is 0 Å². The minimum atomic E-state index is -0.676. The number of hydrogen-bond acceptors (Lipinski definition) is 7. The highest BCUT2D eigenvalue weighted by Crippen LogP contribution is 2.28. The predicted molar refractivity (Wildman–Crippen MR) is 128 cm³/mol. The fraction of sp³-hybridized carbons (Fsp3) is 0.240. The molecule has 3 aromatic rings. The minimum Gasteiger partial charge on any atom is -0.381 e. The van der Waals surface area contributed by atoms with Crippen LogP contribution in [-0.4, -0.2) is 37.2 Å². The third-order valence-electron chi connectivity index (χ3n) is 5.50. The number of morpholine rings is 1. The van der Waals surface area contributed by atoms with E-state index in [1.54, 1.807) is 12.1 Å². The largest absolute Gasteiger partial charge is 0.381 e. The van der Waals surface area contributed by atoms with E-state index in [0.29, 0.717) is 60.2 Å². The van der Waals surface area contributed by atoms with Crippen molar-refractivity contribution in [2.45, 2.75) is 13.0 Å². The van der Waals surface area contributed by atoms with Gasteiger partial charge in [-0.15, -0.1) is 0 Å². The van der Waals surface area contributed by atoms with Crippen LogP contribution < -0.4 is 21.3 Å². The van der Waals surface area contributed by atoms with E-state index in [9.17, 15) is 18.8 Å². The van der Waals surface area contributed by atoms with E-state index in [1.165, 1.54) is 18.3 Å². The molecule has 4 N–H and O–H groups in total. The molecule has 35 heavy (non-hydrogen) atoms. The lowest BCUT2D eigenvalue weighted by Gasteiger charge is -2.29. The molecule has 1 saturated heterocycles. The maximum absolute atomic E-state index is 13.5. The average molecular weight is 479 g/mol. The first-order valence-electron chi connectivity index (χ1n) is 11.0. The van der Waals surface area contributed by atoms with Crippen LogP contribution in [0.4, 0.5) is 31.7 Å². The van der Waals surface area contributed by atoms with Crippen molar-refractivity contribution in [2.24, 2.45) is 5.73 Å². The summed E-state index contributed by atoms with van der Waals surface area (Å²) in [7, 11) is 0. The Kier molecular flexibility index (Phi) is 7.38. The van der Waals surface area contributed by atoms with Gasteiger partial charge in [-0.2, -0.15) is 5.26 Å². The van der Waals surface area contributed by atoms with Crippen LogP contribution in [0.15, 0.2) is 48.7 Å². The number of nitriles is 1. The molecule has 1 aromatic heterocycles. The molecule has 1 fully saturated rings. The number of ether oxygens (including phenoxy) is 1. The molecule has 10 heteroatoms. The first kappa shape index (κ1) is 23.9. The van der Waals surface area contributed by atoms with Gasteiger partial charge in [0, 0.05) is 54.9 Å². The lowest BCUT2D eigenvalue weighted by Crippen LogP contribution is -2.36. The number of halogens is 2. The summed E-state index contributed by atoms with van der Waals surface area (Å²) in [4.78, 5) is 18.0. The number of primary amides is 1. The van der Waals surface area contributed by atoms with Crippen molar-refractivity contribution in [3.8, 4) is 6.07 Å². The Hall–Kier alpha value is -4.23. The van der Waals surface area contributed by atoms with E-state index < -0.39 is 17.5 Å². The number of aromatic nitrogens is 1. The summed E-state index contributed by atoms with van der Waals surface area (Å²) in [5, 5.41) is 15.9. The van der Waals surface area contributed by atoms with E-state index in [2.05, 4.69) is 26.6 Å². The summed E-state index contributed by atoms with van der Waals surface area (Å²) < 4.78 is 32.5. The molecule has 1 aliphatic rings. The van der Waals surface area contributed by atoms with Gasteiger partial charge in [0.05, 0.1) is 30.9 Å². The number of amides is 1. The molecule has 0 aliphatic carbocycles.